The first-order valence-electron chi connectivity index (χ1n) is 9.21. The first kappa shape index (κ1) is 19.2. The fraction of sp³-hybridized carbons (Fsp3) is 0. The topological polar surface area (TPSA) is 44.2 Å². The minimum Gasteiger partial charge on any atom is -0.278 e. The number of amidine groups is 1. The molecule has 1 saturated heterocycles. The summed E-state index contributed by atoms with van der Waals surface area (Å²) in [4.78, 5) is 15.1. The lowest BCUT2D eigenvalue weighted by atomic mass is 9.96. The molecule has 1 amide bonds. The van der Waals surface area contributed by atoms with Crippen molar-refractivity contribution in [2.24, 2.45) is 0 Å². The van der Waals surface area contributed by atoms with E-state index in [2.05, 4.69) is 30.3 Å². The van der Waals surface area contributed by atoms with E-state index < -0.39 is 0 Å². The molecule has 1 aliphatic rings. The molecule has 146 valence electrons. The molecule has 0 spiro atoms. The summed E-state index contributed by atoms with van der Waals surface area (Å²) in [5.41, 5.74) is 1.50. The maximum atomic E-state index is 13.2. The summed E-state index contributed by atoms with van der Waals surface area (Å²) < 4.78 is 0. The molecule has 0 bridgehead atoms. The van der Waals surface area contributed by atoms with Gasteiger partial charge in [-0.3, -0.25) is 15.1 Å². The molecule has 6 heteroatoms. The molecule has 0 radical (unpaired) electrons. The van der Waals surface area contributed by atoms with E-state index in [1.807, 2.05) is 30.3 Å². The first-order chi connectivity index (χ1) is 14.5. The largest absolute Gasteiger partial charge is 0.278 e. The molecule has 0 aromatic heterocycles. The zero-order chi connectivity index (χ0) is 20.8. The van der Waals surface area contributed by atoms with Crippen molar-refractivity contribution in [2.75, 3.05) is 4.90 Å². The van der Waals surface area contributed by atoms with Crippen molar-refractivity contribution in [1.29, 1.82) is 5.41 Å². The Bertz CT molecular complexity index is 1340. The highest BCUT2D eigenvalue weighted by Gasteiger charge is 2.34. The van der Waals surface area contributed by atoms with Crippen molar-refractivity contribution in [3.05, 3.63) is 93.3 Å². The average molecular weight is 449 g/mol. The van der Waals surface area contributed by atoms with Gasteiger partial charge < -0.3 is 0 Å². The zero-order valence-electron chi connectivity index (χ0n) is 15.5. The molecule has 5 rings (SSSR count). The lowest BCUT2D eigenvalue weighted by molar-refractivity contribution is -0.113. The molecule has 3 nitrogen and oxygen atoms in total. The Balaban J connectivity index is 1.66. The average Bonchev–Trinajstić information content (AvgIpc) is 3.03. The molecule has 1 heterocycles. The van der Waals surface area contributed by atoms with Crippen LogP contribution < -0.4 is 4.90 Å². The van der Waals surface area contributed by atoms with Gasteiger partial charge in [0.05, 0.1) is 20.6 Å². The number of hydrogen-bond donors (Lipinski definition) is 1. The second-order valence-electron chi connectivity index (χ2n) is 6.89. The number of hydrogen-bond acceptors (Lipinski definition) is 3. The van der Waals surface area contributed by atoms with Crippen LogP contribution in [0.25, 0.3) is 27.6 Å². The number of rotatable bonds is 2. The van der Waals surface area contributed by atoms with E-state index in [1.165, 1.54) is 4.90 Å². The Morgan fingerprint density at radius 2 is 1.47 bits per heavy atom. The van der Waals surface area contributed by atoms with Crippen LogP contribution in [0.3, 0.4) is 0 Å². The third-order valence-corrected chi connectivity index (χ3v) is 6.70. The highest BCUT2D eigenvalue weighted by atomic mass is 35.5. The SMILES string of the molecule is N=C1S/C(=C\c2c3ccccc3cc3ccccc23)C(=O)N1c1ccc(Cl)c(Cl)c1. The van der Waals surface area contributed by atoms with Crippen molar-refractivity contribution in [1.82, 2.24) is 0 Å². The van der Waals surface area contributed by atoms with Crippen LogP contribution in [0, 0.1) is 5.41 Å². The van der Waals surface area contributed by atoms with Crippen molar-refractivity contribution in [3.63, 3.8) is 0 Å². The summed E-state index contributed by atoms with van der Waals surface area (Å²) in [5.74, 6) is -0.250. The molecule has 0 aliphatic carbocycles. The van der Waals surface area contributed by atoms with Crippen LogP contribution in [0.4, 0.5) is 5.69 Å². The van der Waals surface area contributed by atoms with Crippen LogP contribution >= 0.6 is 35.0 Å². The van der Waals surface area contributed by atoms with E-state index in [4.69, 9.17) is 28.6 Å². The van der Waals surface area contributed by atoms with Crippen LogP contribution in [0.1, 0.15) is 5.56 Å². The number of benzene rings is 4. The summed E-state index contributed by atoms with van der Waals surface area (Å²) in [7, 11) is 0. The Hall–Kier alpha value is -2.79. The molecule has 4 aromatic carbocycles. The van der Waals surface area contributed by atoms with E-state index in [0.29, 0.717) is 20.6 Å². The second kappa shape index (κ2) is 7.47. The predicted molar refractivity (Wildman–Crippen MR) is 129 cm³/mol. The number of fused-ring (bicyclic) bond motifs is 2. The fourth-order valence-corrected chi connectivity index (χ4v) is 4.82. The van der Waals surface area contributed by atoms with Gasteiger partial charge in [-0.1, -0.05) is 71.7 Å². The molecular formula is C24H14Cl2N2OS. The molecule has 0 atom stereocenters. The van der Waals surface area contributed by atoms with E-state index >= 15 is 0 Å². The van der Waals surface area contributed by atoms with E-state index in [0.717, 1.165) is 38.9 Å². The van der Waals surface area contributed by atoms with Gasteiger partial charge in [0.25, 0.3) is 5.91 Å². The van der Waals surface area contributed by atoms with Gasteiger partial charge in [0.15, 0.2) is 5.17 Å². The van der Waals surface area contributed by atoms with Crippen molar-refractivity contribution in [3.8, 4) is 0 Å². The Morgan fingerprint density at radius 1 is 0.833 bits per heavy atom. The van der Waals surface area contributed by atoms with Gasteiger partial charge in [-0.2, -0.15) is 0 Å². The summed E-state index contributed by atoms with van der Waals surface area (Å²) in [6.07, 6.45) is 1.89. The maximum absolute atomic E-state index is 13.2. The van der Waals surface area contributed by atoms with Crippen LogP contribution in [0.15, 0.2) is 77.7 Å². The highest BCUT2D eigenvalue weighted by Crippen LogP contribution is 2.39. The van der Waals surface area contributed by atoms with Gasteiger partial charge in [-0.05, 0) is 69.2 Å². The van der Waals surface area contributed by atoms with Crippen LogP contribution in [0.2, 0.25) is 10.0 Å². The van der Waals surface area contributed by atoms with Crippen molar-refractivity contribution >= 4 is 79.3 Å². The molecule has 0 unspecified atom stereocenters. The van der Waals surface area contributed by atoms with Crippen LogP contribution in [0.5, 0.6) is 0 Å². The maximum Gasteiger partial charge on any atom is 0.271 e. The number of nitrogens with zero attached hydrogens (tertiary/aromatic N) is 1. The Labute approximate surface area is 187 Å². The smallest absolute Gasteiger partial charge is 0.271 e. The monoisotopic (exact) mass is 448 g/mol. The molecule has 30 heavy (non-hydrogen) atoms. The van der Waals surface area contributed by atoms with Gasteiger partial charge in [-0.15, -0.1) is 0 Å². The summed E-state index contributed by atoms with van der Waals surface area (Å²) in [6, 6.07) is 23.3. The van der Waals surface area contributed by atoms with Gasteiger partial charge in [0, 0.05) is 0 Å². The van der Waals surface area contributed by atoms with Gasteiger partial charge in [-0.25, -0.2) is 0 Å². The zero-order valence-corrected chi connectivity index (χ0v) is 17.9. The molecule has 0 saturated carbocycles. The third-order valence-electron chi connectivity index (χ3n) is 5.07. The van der Waals surface area contributed by atoms with Crippen LogP contribution in [-0.4, -0.2) is 11.1 Å². The molecule has 4 aromatic rings. The molecule has 1 fully saturated rings. The standard InChI is InChI=1S/C24H14Cl2N2OS/c25-20-10-9-16(12-21(20)26)28-23(29)22(30-24(28)27)13-19-17-7-3-1-5-14(17)11-15-6-2-4-8-18(15)19/h1-13,27H/b22-13-,27-24?. The van der Waals surface area contributed by atoms with Crippen molar-refractivity contribution in [2.45, 2.75) is 0 Å². The summed E-state index contributed by atoms with van der Waals surface area (Å²) >= 11 is 13.3. The van der Waals surface area contributed by atoms with Crippen LogP contribution in [-0.2, 0) is 4.79 Å². The number of carbonyl (C=O) groups is 1. The molecular weight excluding hydrogens is 435 g/mol. The lowest BCUT2D eigenvalue weighted by Crippen LogP contribution is -2.28. The normalized spacial score (nSPS) is 15.7. The Kier molecular flexibility index (Phi) is 4.78. The number of nitrogens with one attached hydrogen (secondary N) is 1. The van der Waals surface area contributed by atoms with Crippen molar-refractivity contribution < 1.29 is 4.79 Å². The van der Waals surface area contributed by atoms with E-state index in [9.17, 15) is 4.79 Å². The number of amides is 1. The van der Waals surface area contributed by atoms with Gasteiger partial charge >= 0.3 is 0 Å². The van der Waals surface area contributed by atoms with Gasteiger partial charge in [0.2, 0.25) is 0 Å². The van der Waals surface area contributed by atoms with E-state index in [-0.39, 0.29) is 11.1 Å². The summed E-state index contributed by atoms with van der Waals surface area (Å²) in [6.45, 7) is 0. The Morgan fingerprint density at radius 3 is 2.10 bits per heavy atom. The third kappa shape index (κ3) is 3.18. The number of halogens is 2. The highest BCUT2D eigenvalue weighted by molar-refractivity contribution is 8.19. The quantitative estimate of drug-likeness (QED) is 0.257. The molecule has 1 aliphatic heterocycles. The van der Waals surface area contributed by atoms with Gasteiger partial charge in [0.1, 0.15) is 0 Å². The number of thioether (sulfide) groups is 1. The van der Waals surface area contributed by atoms with E-state index in [1.54, 1.807) is 18.2 Å². The lowest BCUT2D eigenvalue weighted by Gasteiger charge is -2.15. The fourth-order valence-electron chi connectivity index (χ4n) is 3.68. The number of carbonyl (C=O) groups excluding carboxylic acids is 1. The predicted octanol–water partition coefficient (Wildman–Crippen LogP) is 7.36. The minimum absolute atomic E-state index is 0.134. The first-order valence-corrected chi connectivity index (χ1v) is 10.8. The number of anilines is 1. The molecule has 1 N–H and O–H groups in total. The minimum atomic E-state index is -0.250. The summed E-state index contributed by atoms with van der Waals surface area (Å²) in [5, 5.41) is 13.6. The second-order valence-corrected chi connectivity index (χ2v) is 8.73.